The highest BCUT2D eigenvalue weighted by molar-refractivity contribution is 5.70. The molecule has 0 atom stereocenters. The summed E-state index contributed by atoms with van der Waals surface area (Å²) in [5.41, 5.74) is 4.61. The number of para-hydroxylation sites is 3. The molecule has 1 N–H and O–H groups in total. The van der Waals surface area contributed by atoms with Crippen LogP contribution in [0, 0.1) is 13.8 Å². The van der Waals surface area contributed by atoms with Crippen LogP contribution in [0.25, 0.3) is 0 Å². The minimum absolute atomic E-state index is 0.857. The normalized spacial score (nSPS) is 10.1. The molecule has 0 saturated heterocycles. The smallest absolute Gasteiger partial charge is 0.142 e. The third kappa shape index (κ3) is 2.41. The Bertz CT molecular complexity index is 500. The van der Waals surface area contributed by atoms with Crippen LogP contribution in [0.15, 0.2) is 42.5 Å². The fraction of sp³-hybridized carbons (Fsp3) is 0.200. The van der Waals surface area contributed by atoms with Gasteiger partial charge in [0, 0.05) is 5.69 Å². The Labute approximate surface area is 102 Å². The molecule has 2 heteroatoms. The SMILES string of the molecule is COc1ccccc1Nc1c(C)cccc1C. The van der Waals surface area contributed by atoms with Crippen LogP contribution >= 0.6 is 0 Å². The number of ether oxygens (including phenoxy) is 1. The Hall–Kier alpha value is -1.96. The van der Waals surface area contributed by atoms with Gasteiger partial charge in [0.2, 0.25) is 0 Å². The van der Waals surface area contributed by atoms with Gasteiger partial charge >= 0.3 is 0 Å². The Morgan fingerprint density at radius 2 is 1.53 bits per heavy atom. The van der Waals surface area contributed by atoms with Crippen LogP contribution in [0.3, 0.4) is 0 Å². The first kappa shape index (κ1) is 11.5. The second-order valence-corrected chi connectivity index (χ2v) is 4.09. The average Bonchev–Trinajstić information content (AvgIpc) is 2.34. The van der Waals surface area contributed by atoms with Gasteiger partial charge in [-0.1, -0.05) is 30.3 Å². The van der Waals surface area contributed by atoms with Gasteiger partial charge in [-0.2, -0.15) is 0 Å². The highest BCUT2D eigenvalue weighted by Crippen LogP contribution is 2.30. The second kappa shape index (κ2) is 4.91. The van der Waals surface area contributed by atoms with Crippen molar-refractivity contribution in [1.29, 1.82) is 0 Å². The van der Waals surface area contributed by atoms with E-state index >= 15 is 0 Å². The maximum Gasteiger partial charge on any atom is 0.142 e. The van der Waals surface area contributed by atoms with Gasteiger partial charge in [-0.05, 0) is 37.1 Å². The lowest BCUT2D eigenvalue weighted by molar-refractivity contribution is 0.417. The zero-order chi connectivity index (χ0) is 12.3. The van der Waals surface area contributed by atoms with Gasteiger partial charge in [-0.3, -0.25) is 0 Å². The summed E-state index contributed by atoms with van der Waals surface area (Å²) in [7, 11) is 1.69. The summed E-state index contributed by atoms with van der Waals surface area (Å²) >= 11 is 0. The van der Waals surface area contributed by atoms with E-state index in [9.17, 15) is 0 Å². The van der Waals surface area contributed by atoms with E-state index in [1.165, 1.54) is 11.1 Å². The zero-order valence-electron chi connectivity index (χ0n) is 10.4. The molecule has 0 radical (unpaired) electrons. The van der Waals surface area contributed by atoms with Crippen LogP contribution in [0.5, 0.6) is 5.75 Å². The highest BCUT2D eigenvalue weighted by Gasteiger charge is 2.05. The monoisotopic (exact) mass is 227 g/mol. The first-order valence-electron chi connectivity index (χ1n) is 5.68. The van der Waals surface area contributed by atoms with E-state index in [-0.39, 0.29) is 0 Å². The molecule has 2 nitrogen and oxygen atoms in total. The molecule has 2 aromatic carbocycles. The largest absolute Gasteiger partial charge is 0.495 e. The molecule has 0 aliphatic rings. The van der Waals surface area contributed by atoms with Gasteiger partial charge in [0.25, 0.3) is 0 Å². The number of aryl methyl sites for hydroxylation is 2. The van der Waals surface area contributed by atoms with Crippen LogP contribution in [0.1, 0.15) is 11.1 Å². The Kier molecular flexibility index (Phi) is 3.33. The first-order valence-corrected chi connectivity index (χ1v) is 5.68. The Morgan fingerprint density at radius 1 is 0.882 bits per heavy atom. The predicted octanol–water partition coefficient (Wildman–Crippen LogP) is 4.06. The number of hydrogen-bond donors (Lipinski definition) is 1. The molecule has 0 aliphatic heterocycles. The van der Waals surface area contributed by atoms with Crippen molar-refractivity contribution in [2.45, 2.75) is 13.8 Å². The Morgan fingerprint density at radius 3 is 2.18 bits per heavy atom. The molecule has 0 amide bonds. The minimum atomic E-state index is 0.857. The number of benzene rings is 2. The number of anilines is 2. The van der Waals surface area contributed by atoms with Crippen molar-refractivity contribution in [2.24, 2.45) is 0 Å². The maximum absolute atomic E-state index is 5.33. The molecule has 88 valence electrons. The van der Waals surface area contributed by atoms with Crippen LogP contribution < -0.4 is 10.1 Å². The minimum Gasteiger partial charge on any atom is -0.495 e. The van der Waals surface area contributed by atoms with Gasteiger partial charge in [0.1, 0.15) is 5.75 Å². The number of hydrogen-bond acceptors (Lipinski definition) is 2. The summed E-state index contributed by atoms with van der Waals surface area (Å²) < 4.78 is 5.33. The molecule has 0 fully saturated rings. The number of methoxy groups -OCH3 is 1. The number of rotatable bonds is 3. The van der Waals surface area contributed by atoms with E-state index in [0.29, 0.717) is 0 Å². The standard InChI is InChI=1S/C15H17NO/c1-11-7-6-8-12(2)15(11)16-13-9-4-5-10-14(13)17-3/h4-10,16H,1-3H3. The van der Waals surface area contributed by atoms with Gasteiger partial charge in [-0.15, -0.1) is 0 Å². The van der Waals surface area contributed by atoms with Gasteiger partial charge in [-0.25, -0.2) is 0 Å². The highest BCUT2D eigenvalue weighted by atomic mass is 16.5. The molecule has 0 heterocycles. The van der Waals surface area contributed by atoms with Gasteiger partial charge < -0.3 is 10.1 Å². The second-order valence-electron chi connectivity index (χ2n) is 4.09. The Balaban J connectivity index is 2.38. The first-order chi connectivity index (χ1) is 8.22. The molecule has 17 heavy (non-hydrogen) atoms. The van der Waals surface area contributed by atoms with Crippen molar-refractivity contribution in [1.82, 2.24) is 0 Å². The van der Waals surface area contributed by atoms with E-state index in [0.717, 1.165) is 17.1 Å². The molecular weight excluding hydrogens is 210 g/mol. The summed E-state index contributed by atoms with van der Waals surface area (Å²) in [6.45, 7) is 4.20. The third-order valence-electron chi connectivity index (χ3n) is 2.85. The molecule has 0 spiro atoms. The lowest BCUT2D eigenvalue weighted by Gasteiger charge is -2.15. The molecule has 0 unspecified atom stereocenters. The maximum atomic E-state index is 5.33. The van der Waals surface area contributed by atoms with Crippen LogP contribution in [0.2, 0.25) is 0 Å². The lowest BCUT2D eigenvalue weighted by atomic mass is 10.1. The summed E-state index contributed by atoms with van der Waals surface area (Å²) in [6.07, 6.45) is 0. The molecule has 2 aromatic rings. The van der Waals surface area contributed by atoms with Gasteiger partial charge in [0.15, 0.2) is 0 Å². The third-order valence-corrected chi connectivity index (χ3v) is 2.85. The molecular formula is C15H17NO. The van der Waals surface area contributed by atoms with Crippen molar-refractivity contribution >= 4 is 11.4 Å². The van der Waals surface area contributed by atoms with Gasteiger partial charge in [0.05, 0.1) is 12.8 Å². The van der Waals surface area contributed by atoms with E-state index in [4.69, 9.17) is 4.74 Å². The van der Waals surface area contributed by atoms with Crippen molar-refractivity contribution < 1.29 is 4.74 Å². The van der Waals surface area contributed by atoms with Crippen LogP contribution in [0.4, 0.5) is 11.4 Å². The summed E-state index contributed by atoms with van der Waals surface area (Å²) in [6, 6.07) is 14.2. The zero-order valence-corrected chi connectivity index (χ0v) is 10.4. The molecule has 2 rings (SSSR count). The van der Waals surface area contributed by atoms with Crippen molar-refractivity contribution in [3.05, 3.63) is 53.6 Å². The average molecular weight is 227 g/mol. The summed E-state index contributed by atoms with van der Waals surface area (Å²) in [4.78, 5) is 0. The lowest BCUT2D eigenvalue weighted by Crippen LogP contribution is -1.98. The quantitative estimate of drug-likeness (QED) is 0.853. The van der Waals surface area contributed by atoms with Crippen molar-refractivity contribution in [3.8, 4) is 5.75 Å². The number of nitrogens with one attached hydrogen (secondary N) is 1. The van der Waals surface area contributed by atoms with Crippen LogP contribution in [-0.4, -0.2) is 7.11 Å². The molecule has 0 bridgehead atoms. The van der Waals surface area contributed by atoms with Crippen molar-refractivity contribution in [3.63, 3.8) is 0 Å². The van der Waals surface area contributed by atoms with E-state index in [1.807, 2.05) is 24.3 Å². The van der Waals surface area contributed by atoms with E-state index in [2.05, 4.69) is 37.4 Å². The predicted molar refractivity (Wildman–Crippen MR) is 72.2 cm³/mol. The van der Waals surface area contributed by atoms with E-state index in [1.54, 1.807) is 7.11 Å². The topological polar surface area (TPSA) is 21.3 Å². The molecule has 0 saturated carbocycles. The molecule has 0 aromatic heterocycles. The van der Waals surface area contributed by atoms with Crippen molar-refractivity contribution in [2.75, 3.05) is 12.4 Å². The van der Waals surface area contributed by atoms with Crippen LogP contribution in [-0.2, 0) is 0 Å². The molecule has 0 aliphatic carbocycles. The van der Waals surface area contributed by atoms with E-state index < -0.39 is 0 Å². The summed E-state index contributed by atoms with van der Waals surface area (Å²) in [5, 5.41) is 3.43. The fourth-order valence-electron chi connectivity index (χ4n) is 1.89. The fourth-order valence-corrected chi connectivity index (χ4v) is 1.89. The summed E-state index contributed by atoms with van der Waals surface area (Å²) in [5.74, 6) is 0.857.